The molecule has 0 N–H and O–H groups in total. The number of rotatable bonds is 4. The summed E-state index contributed by atoms with van der Waals surface area (Å²) < 4.78 is 5.24. The molecule has 5 nitrogen and oxygen atoms in total. The van der Waals surface area contributed by atoms with Crippen LogP contribution >= 0.6 is 11.3 Å². The Labute approximate surface area is 162 Å². The lowest BCUT2D eigenvalue weighted by atomic mass is 10.0. The highest BCUT2D eigenvalue weighted by atomic mass is 32.1. The minimum absolute atomic E-state index is 0.0606. The third-order valence-corrected chi connectivity index (χ3v) is 6.06. The number of carbonyl (C=O) groups excluding carboxylic acids is 1. The second-order valence-corrected chi connectivity index (χ2v) is 7.58. The van der Waals surface area contributed by atoms with Gasteiger partial charge in [-0.3, -0.25) is 9.78 Å². The molecule has 0 bridgehead atoms. The molecule has 2 aromatic heterocycles. The fourth-order valence-corrected chi connectivity index (χ4v) is 4.51. The number of benzene rings is 1. The number of thiazole rings is 1. The van der Waals surface area contributed by atoms with Gasteiger partial charge in [0.2, 0.25) is 0 Å². The van der Waals surface area contributed by atoms with E-state index < -0.39 is 0 Å². The molecule has 1 aliphatic heterocycles. The molecule has 1 atom stereocenters. The van der Waals surface area contributed by atoms with Crippen molar-refractivity contribution in [3.63, 3.8) is 0 Å². The molecule has 1 saturated heterocycles. The lowest BCUT2D eigenvalue weighted by molar-refractivity contribution is 0.0739. The first-order valence-corrected chi connectivity index (χ1v) is 9.83. The van der Waals surface area contributed by atoms with Crippen LogP contribution in [0.3, 0.4) is 0 Å². The summed E-state index contributed by atoms with van der Waals surface area (Å²) in [6, 6.07) is 13.8. The van der Waals surface area contributed by atoms with Gasteiger partial charge < -0.3 is 9.64 Å². The van der Waals surface area contributed by atoms with E-state index in [0.717, 1.165) is 47.1 Å². The van der Waals surface area contributed by atoms with Gasteiger partial charge in [0.1, 0.15) is 15.6 Å². The van der Waals surface area contributed by atoms with E-state index in [2.05, 4.69) is 9.97 Å². The lowest BCUT2D eigenvalue weighted by Gasteiger charge is -2.25. The Morgan fingerprint density at radius 1 is 1.22 bits per heavy atom. The summed E-state index contributed by atoms with van der Waals surface area (Å²) >= 11 is 1.43. The lowest BCUT2D eigenvalue weighted by Crippen LogP contribution is -2.30. The van der Waals surface area contributed by atoms with E-state index >= 15 is 0 Å². The standard InChI is InChI=1S/C21H21N3O2S/c1-14-19(27-20(23-14)17-6-3-4-12-22-17)21(25)24-13-5-7-18(24)15-8-10-16(26-2)11-9-15/h3-4,6,8-12,18H,5,7,13H2,1-2H3/t18-/m0/s1. The van der Waals surface area contributed by atoms with Crippen molar-refractivity contribution in [1.82, 2.24) is 14.9 Å². The van der Waals surface area contributed by atoms with Gasteiger partial charge in [0.25, 0.3) is 5.91 Å². The van der Waals surface area contributed by atoms with Crippen LogP contribution in [0.2, 0.25) is 0 Å². The molecule has 3 aromatic rings. The van der Waals surface area contributed by atoms with Crippen molar-refractivity contribution in [3.8, 4) is 16.5 Å². The molecule has 138 valence electrons. The second kappa shape index (κ2) is 7.48. The van der Waals surface area contributed by atoms with Gasteiger partial charge in [0.05, 0.1) is 24.5 Å². The summed E-state index contributed by atoms with van der Waals surface area (Å²) in [6.45, 7) is 2.67. The van der Waals surface area contributed by atoms with Gasteiger partial charge in [-0.15, -0.1) is 11.3 Å². The zero-order chi connectivity index (χ0) is 18.8. The monoisotopic (exact) mass is 379 g/mol. The van der Waals surface area contributed by atoms with E-state index in [4.69, 9.17) is 4.74 Å². The van der Waals surface area contributed by atoms with Gasteiger partial charge >= 0.3 is 0 Å². The summed E-state index contributed by atoms with van der Waals surface area (Å²) in [4.78, 5) is 24.9. The molecule has 1 aliphatic rings. The molecule has 3 heterocycles. The van der Waals surface area contributed by atoms with Crippen molar-refractivity contribution >= 4 is 17.2 Å². The first kappa shape index (κ1) is 17.7. The van der Waals surface area contributed by atoms with Crippen LogP contribution < -0.4 is 4.74 Å². The second-order valence-electron chi connectivity index (χ2n) is 6.58. The zero-order valence-electron chi connectivity index (χ0n) is 15.4. The van der Waals surface area contributed by atoms with Gasteiger partial charge in [-0.05, 0) is 49.6 Å². The summed E-state index contributed by atoms with van der Waals surface area (Å²) in [5.74, 6) is 0.887. The quantitative estimate of drug-likeness (QED) is 0.670. The van der Waals surface area contributed by atoms with Crippen LogP contribution in [0.25, 0.3) is 10.7 Å². The van der Waals surface area contributed by atoms with Gasteiger partial charge in [-0.2, -0.15) is 0 Å². The maximum absolute atomic E-state index is 13.3. The normalized spacial score (nSPS) is 16.5. The molecular weight excluding hydrogens is 358 g/mol. The first-order chi connectivity index (χ1) is 13.2. The number of carbonyl (C=O) groups is 1. The summed E-state index contributed by atoms with van der Waals surface area (Å²) in [5.41, 5.74) is 2.72. The minimum Gasteiger partial charge on any atom is -0.497 e. The van der Waals surface area contributed by atoms with Crippen molar-refractivity contribution in [3.05, 3.63) is 64.8 Å². The fourth-order valence-electron chi connectivity index (χ4n) is 3.51. The van der Waals surface area contributed by atoms with Crippen LogP contribution in [0.15, 0.2) is 48.7 Å². The number of hydrogen-bond donors (Lipinski definition) is 0. The Kier molecular flexibility index (Phi) is 4.90. The van der Waals surface area contributed by atoms with Crippen LogP contribution in [0, 0.1) is 6.92 Å². The number of amides is 1. The SMILES string of the molecule is COc1ccc([C@@H]2CCCN2C(=O)c2sc(-c3ccccn3)nc2C)cc1. The van der Waals surface area contributed by atoms with Gasteiger partial charge in [-0.25, -0.2) is 4.98 Å². The number of nitrogens with zero attached hydrogens (tertiary/aromatic N) is 3. The summed E-state index contributed by atoms with van der Waals surface area (Å²) in [6.07, 6.45) is 3.73. The van der Waals surface area contributed by atoms with E-state index in [1.54, 1.807) is 13.3 Å². The smallest absolute Gasteiger partial charge is 0.266 e. The molecule has 27 heavy (non-hydrogen) atoms. The maximum Gasteiger partial charge on any atom is 0.266 e. The Balaban J connectivity index is 1.61. The van der Waals surface area contributed by atoms with Crippen LogP contribution in [-0.2, 0) is 0 Å². The van der Waals surface area contributed by atoms with Crippen LogP contribution in [0.5, 0.6) is 5.75 Å². The number of hydrogen-bond acceptors (Lipinski definition) is 5. The Hall–Kier alpha value is -2.73. The predicted octanol–water partition coefficient (Wildman–Crippen LogP) is 4.50. The minimum atomic E-state index is 0.0606. The topological polar surface area (TPSA) is 55.3 Å². The van der Waals surface area contributed by atoms with E-state index in [1.165, 1.54) is 11.3 Å². The highest BCUT2D eigenvalue weighted by molar-refractivity contribution is 7.17. The Bertz CT molecular complexity index is 938. The van der Waals surface area contributed by atoms with Crippen molar-refractivity contribution in [2.75, 3.05) is 13.7 Å². The zero-order valence-corrected chi connectivity index (χ0v) is 16.2. The van der Waals surface area contributed by atoms with Crippen LogP contribution in [-0.4, -0.2) is 34.4 Å². The maximum atomic E-state index is 13.3. The molecule has 6 heteroatoms. The molecule has 0 spiro atoms. The molecule has 1 aromatic carbocycles. The number of aromatic nitrogens is 2. The molecule has 0 radical (unpaired) electrons. The number of methoxy groups -OCH3 is 1. The van der Waals surface area contributed by atoms with Gasteiger partial charge in [0, 0.05) is 12.7 Å². The highest BCUT2D eigenvalue weighted by Gasteiger charge is 2.32. The van der Waals surface area contributed by atoms with E-state index in [0.29, 0.717) is 4.88 Å². The first-order valence-electron chi connectivity index (χ1n) is 9.01. The number of aryl methyl sites for hydroxylation is 1. The summed E-state index contributed by atoms with van der Waals surface area (Å²) in [7, 11) is 1.66. The molecule has 0 saturated carbocycles. The van der Waals surface area contributed by atoms with Crippen LogP contribution in [0.4, 0.5) is 0 Å². The van der Waals surface area contributed by atoms with Crippen molar-refractivity contribution in [2.24, 2.45) is 0 Å². The average molecular weight is 379 g/mol. The number of ether oxygens (including phenoxy) is 1. The average Bonchev–Trinajstić information content (AvgIpc) is 3.35. The number of pyridine rings is 1. The fraction of sp³-hybridized carbons (Fsp3) is 0.286. The van der Waals surface area contributed by atoms with Crippen LogP contribution in [0.1, 0.15) is 39.8 Å². The van der Waals surface area contributed by atoms with Gasteiger partial charge in [-0.1, -0.05) is 18.2 Å². The number of likely N-dealkylation sites (tertiary alicyclic amines) is 1. The van der Waals surface area contributed by atoms with Crippen molar-refractivity contribution < 1.29 is 9.53 Å². The van der Waals surface area contributed by atoms with Crippen molar-refractivity contribution in [1.29, 1.82) is 0 Å². The molecule has 4 rings (SSSR count). The molecular formula is C21H21N3O2S. The molecule has 1 fully saturated rings. The van der Waals surface area contributed by atoms with Gasteiger partial charge in [0.15, 0.2) is 0 Å². The third kappa shape index (κ3) is 3.45. The van der Waals surface area contributed by atoms with E-state index in [-0.39, 0.29) is 11.9 Å². The molecule has 1 amide bonds. The molecule has 0 aliphatic carbocycles. The molecule has 0 unspecified atom stereocenters. The van der Waals surface area contributed by atoms with Crippen molar-refractivity contribution in [2.45, 2.75) is 25.8 Å². The summed E-state index contributed by atoms with van der Waals surface area (Å²) in [5, 5.41) is 0.789. The third-order valence-electron chi connectivity index (χ3n) is 4.89. The van der Waals surface area contributed by atoms with E-state index in [1.807, 2.05) is 54.3 Å². The Morgan fingerprint density at radius 3 is 2.74 bits per heavy atom. The highest BCUT2D eigenvalue weighted by Crippen LogP contribution is 2.36. The largest absolute Gasteiger partial charge is 0.497 e. The Morgan fingerprint density at radius 2 is 2.04 bits per heavy atom. The predicted molar refractivity (Wildman–Crippen MR) is 106 cm³/mol. The van der Waals surface area contributed by atoms with E-state index in [9.17, 15) is 4.79 Å².